The number of nitrogens with one attached hydrogen (secondary N) is 1. The maximum absolute atomic E-state index is 12.8. The quantitative estimate of drug-likeness (QED) is 0.499. The number of rotatable bonds is 4. The Morgan fingerprint density at radius 2 is 1.73 bits per heavy atom. The molecule has 1 N–H and O–H groups in total. The molecule has 30 heavy (non-hydrogen) atoms. The van der Waals surface area contributed by atoms with Gasteiger partial charge in [-0.1, -0.05) is 18.2 Å². The maximum atomic E-state index is 12.8. The fourth-order valence-electron chi connectivity index (χ4n) is 2.69. The highest BCUT2D eigenvalue weighted by molar-refractivity contribution is 6.04. The van der Waals surface area contributed by atoms with Gasteiger partial charge in [0.15, 0.2) is 0 Å². The second-order valence-electron chi connectivity index (χ2n) is 6.22. The van der Waals surface area contributed by atoms with Gasteiger partial charge in [0.1, 0.15) is 17.1 Å². The Kier molecular flexibility index (Phi) is 4.94. The molecule has 0 radical (unpaired) electrons. The van der Waals surface area contributed by atoms with Crippen LogP contribution in [0.4, 0.5) is 18.9 Å². The third-order valence-electron chi connectivity index (χ3n) is 4.07. The van der Waals surface area contributed by atoms with Crippen molar-refractivity contribution in [3.8, 4) is 11.5 Å². The molecule has 0 aliphatic carbocycles. The largest absolute Gasteiger partial charge is 0.457 e. The Labute approximate surface area is 169 Å². The molecule has 0 saturated carbocycles. The zero-order valence-corrected chi connectivity index (χ0v) is 15.2. The lowest BCUT2D eigenvalue weighted by Gasteiger charge is -2.10. The van der Waals surface area contributed by atoms with Crippen LogP contribution in [-0.2, 0) is 6.18 Å². The number of carbonyl (C=O) groups excluding carboxylic acids is 1. The Morgan fingerprint density at radius 3 is 2.53 bits per heavy atom. The van der Waals surface area contributed by atoms with E-state index >= 15 is 0 Å². The molecule has 5 nitrogen and oxygen atoms in total. The van der Waals surface area contributed by atoms with E-state index in [-0.39, 0.29) is 5.56 Å². The van der Waals surface area contributed by atoms with Gasteiger partial charge < -0.3 is 10.1 Å². The van der Waals surface area contributed by atoms with Gasteiger partial charge in [-0.05, 0) is 30.3 Å². The number of hydrogen-bond acceptors (Lipinski definition) is 4. The molecule has 148 valence electrons. The second-order valence-corrected chi connectivity index (χ2v) is 6.22. The summed E-state index contributed by atoms with van der Waals surface area (Å²) in [6.45, 7) is 0. The number of ether oxygens (including phenoxy) is 1. The summed E-state index contributed by atoms with van der Waals surface area (Å²) in [6.07, 6.45) is -1.44. The molecule has 3 aromatic carbocycles. The summed E-state index contributed by atoms with van der Waals surface area (Å²) in [7, 11) is 0. The number of carbonyl (C=O) groups is 1. The van der Waals surface area contributed by atoms with Crippen molar-refractivity contribution in [3.05, 3.63) is 90.3 Å². The lowest BCUT2D eigenvalue weighted by molar-refractivity contribution is -0.137. The third kappa shape index (κ3) is 4.31. The first-order chi connectivity index (χ1) is 14.4. The van der Waals surface area contributed by atoms with Crippen molar-refractivity contribution in [1.29, 1.82) is 0 Å². The number of amides is 1. The summed E-state index contributed by atoms with van der Waals surface area (Å²) in [5.74, 6) is 0.248. The molecule has 0 aliphatic rings. The van der Waals surface area contributed by atoms with E-state index in [1.165, 1.54) is 0 Å². The van der Waals surface area contributed by atoms with Crippen LogP contribution < -0.4 is 10.1 Å². The first-order valence-electron chi connectivity index (χ1n) is 8.69. The number of benzene rings is 2. The summed E-state index contributed by atoms with van der Waals surface area (Å²) in [6, 6.07) is 17.8. The average Bonchev–Trinajstić information content (AvgIpc) is 2.73. The summed E-state index contributed by atoms with van der Waals surface area (Å²) in [5, 5.41) is 2.55. The van der Waals surface area contributed by atoms with Gasteiger partial charge in [0, 0.05) is 41.8 Å². The van der Waals surface area contributed by atoms with Crippen LogP contribution in [-0.4, -0.2) is 15.9 Å². The Hall–Kier alpha value is -4.12. The normalized spacial score (nSPS) is 11.0. The van der Waals surface area contributed by atoms with Crippen LogP contribution in [0.2, 0.25) is 0 Å². The number of anilines is 1. The molecule has 0 bridgehead atoms. The highest BCUT2D eigenvalue weighted by Crippen LogP contribution is 2.29. The number of fused-ring (bicyclic) bond motifs is 1. The van der Waals surface area contributed by atoms with Gasteiger partial charge in [-0.2, -0.15) is 13.2 Å². The molecule has 0 spiro atoms. The molecule has 0 saturated heterocycles. The second kappa shape index (κ2) is 7.72. The molecule has 1 amide bonds. The predicted octanol–water partition coefficient (Wildman–Crippen LogP) is 5.29. The molecule has 0 aliphatic heterocycles. The molecular weight excluding hydrogens is 395 g/mol. The summed E-state index contributed by atoms with van der Waals surface area (Å²) >= 11 is 0. The van der Waals surface area contributed by atoms with Crippen LogP contribution in [0, 0.1) is 12.1 Å². The SMILES string of the molecule is O=C(Nc1cccc(Oc2ccc3nccnc3c2)c1)c1cc#cc(C(F)(F)F)c1. The third-order valence-corrected chi connectivity index (χ3v) is 4.07. The highest BCUT2D eigenvalue weighted by Gasteiger charge is 2.31. The minimum atomic E-state index is -4.61. The van der Waals surface area contributed by atoms with Crippen LogP contribution in [0.3, 0.4) is 0 Å². The van der Waals surface area contributed by atoms with Crippen LogP contribution in [0.5, 0.6) is 11.5 Å². The standard InChI is InChI=1S/C22H12F3N3O2/c23-22(24,25)15-4-1-3-14(11-15)21(29)28-16-5-2-6-17(12-16)30-18-7-8-19-20(13-18)27-10-9-26-19/h2-3,5-13H,(H,28,29). The lowest BCUT2D eigenvalue weighted by atomic mass is 10.1. The molecule has 8 heteroatoms. The molecule has 0 unspecified atom stereocenters. The zero-order valence-electron chi connectivity index (χ0n) is 15.2. The molecule has 4 aromatic rings. The van der Waals surface area contributed by atoms with Crippen molar-refractivity contribution in [2.24, 2.45) is 0 Å². The molecule has 1 aromatic heterocycles. The van der Waals surface area contributed by atoms with E-state index in [2.05, 4.69) is 21.4 Å². The topological polar surface area (TPSA) is 64.1 Å². The molecule has 0 atom stereocenters. The van der Waals surface area contributed by atoms with Crippen LogP contribution in [0.25, 0.3) is 11.0 Å². The highest BCUT2D eigenvalue weighted by atomic mass is 19.4. The van der Waals surface area contributed by atoms with Gasteiger partial charge in [0.2, 0.25) is 0 Å². The van der Waals surface area contributed by atoms with Crippen molar-refractivity contribution < 1.29 is 22.7 Å². The Bertz CT molecular complexity index is 1230. The number of halogens is 3. The van der Waals surface area contributed by atoms with Crippen LogP contribution in [0.1, 0.15) is 15.9 Å². The lowest BCUT2D eigenvalue weighted by Crippen LogP contribution is -2.13. The van der Waals surface area contributed by atoms with Gasteiger partial charge in [-0.15, -0.1) is 0 Å². The number of hydrogen-bond donors (Lipinski definition) is 1. The van der Waals surface area contributed by atoms with Gasteiger partial charge in [-0.25, -0.2) is 0 Å². The molecule has 4 rings (SSSR count). The molecule has 0 fully saturated rings. The number of aromatic nitrogens is 2. The van der Waals surface area contributed by atoms with E-state index in [0.29, 0.717) is 22.7 Å². The average molecular weight is 407 g/mol. The van der Waals surface area contributed by atoms with Crippen molar-refractivity contribution in [3.63, 3.8) is 0 Å². The summed E-state index contributed by atoms with van der Waals surface area (Å²) < 4.78 is 44.2. The zero-order chi connectivity index (χ0) is 21.1. The Morgan fingerprint density at radius 1 is 0.967 bits per heavy atom. The summed E-state index contributed by atoms with van der Waals surface area (Å²) in [4.78, 5) is 20.7. The van der Waals surface area contributed by atoms with Crippen LogP contribution >= 0.6 is 0 Å². The van der Waals surface area contributed by atoms with E-state index in [1.54, 1.807) is 54.9 Å². The first kappa shape index (κ1) is 19.2. The maximum Gasteiger partial charge on any atom is 0.424 e. The van der Waals surface area contributed by atoms with E-state index < -0.39 is 17.6 Å². The summed E-state index contributed by atoms with van der Waals surface area (Å²) in [5.41, 5.74) is 0.504. The van der Waals surface area contributed by atoms with Gasteiger partial charge in [0.25, 0.3) is 5.91 Å². The fraction of sp³-hybridized carbons (Fsp3) is 0.0455. The van der Waals surface area contributed by atoms with Crippen molar-refractivity contribution >= 4 is 22.6 Å². The van der Waals surface area contributed by atoms with Gasteiger partial charge in [0.05, 0.1) is 11.0 Å². The van der Waals surface area contributed by atoms with Gasteiger partial charge >= 0.3 is 6.18 Å². The fourth-order valence-corrected chi connectivity index (χ4v) is 2.69. The van der Waals surface area contributed by atoms with Gasteiger partial charge in [-0.3, -0.25) is 14.8 Å². The van der Waals surface area contributed by atoms with E-state index in [4.69, 9.17) is 4.74 Å². The smallest absolute Gasteiger partial charge is 0.424 e. The minimum Gasteiger partial charge on any atom is -0.457 e. The van der Waals surface area contributed by atoms with E-state index in [9.17, 15) is 18.0 Å². The Balaban J connectivity index is 1.51. The molecule has 1 heterocycles. The number of nitrogens with zero attached hydrogens (tertiary/aromatic N) is 2. The first-order valence-corrected chi connectivity index (χ1v) is 8.69. The van der Waals surface area contributed by atoms with E-state index in [1.807, 2.05) is 6.07 Å². The van der Waals surface area contributed by atoms with Crippen molar-refractivity contribution in [2.75, 3.05) is 5.32 Å². The number of alkyl halides is 3. The monoisotopic (exact) mass is 407 g/mol. The molecular formula is C22H12F3N3O2. The van der Waals surface area contributed by atoms with E-state index in [0.717, 1.165) is 17.6 Å². The van der Waals surface area contributed by atoms with Crippen LogP contribution in [0.15, 0.2) is 67.0 Å². The minimum absolute atomic E-state index is 0.180. The predicted molar refractivity (Wildman–Crippen MR) is 103 cm³/mol. The van der Waals surface area contributed by atoms with Crippen molar-refractivity contribution in [1.82, 2.24) is 9.97 Å². The van der Waals surface area contributed by atoms with Crippen molar-refractivity contribution in [2.45, 2.75) is 6.18 Å².